The number of aliphatic hydroxyl groups excluding tert-OH is 1. The van der Waals surface area contributed by atoms with Gasteiger partial charge in [-0.15, -0.1) is 6.42 Å². The summed E-state index contributed by atoms with van der Waals surface area (Å²) in [5.41, 5.74) is 4.40. The van der Waals surface area contributed by atoms with Gasteiger partial charge in [-0.05, 0) is 61.1 Å². The fourth-order valence-corrected chi connectivity index (χ4v) is 3.17. The van der Waals surface area contributed by atoms with Crippen molar-refractivity contribution in [3.8, 4) is 29.5 Å². The molecule has 0 aromatic heterocycles. The van der Waals surface area contributed by atoms with Crippen LogP contribution in [0.25, 0.3) is 11.1 Å². The summed E-state index contributed by atoms with van der Waals surface area (Å²) in [4.78, 5) is 0. The minimum absolute atomic E-state index is 0.184. The predicted molar refractivity (Wildman–Crippen MR) is 96.4 cm³/mol. The third-order valence-corrected chi connectivity index (χ3v) is 4.56. The quantitative estimate of drug-likeness (QED) is 0.844. The van der Waals surface area contributed by atoms with Gasteiger partial charge in [-0.25, -0.2) is 0 Å². The zero-order valence-corrected chi connectivity index (χ0v) is 13.5. The SMILES string of the molecule is C#Cc1cccc(-c2ccc(C#N)c(NC3CCC(O)CC3)c2)c1. The summed E-state index contributed by atoms with van der Waals surface area (Å²) < 4.78 is 0. The minimum Gasteiger partial charge on any atom is -0.393 e. The molecule has 1 saturated carbocycles. The molecular weight excluding hydrogens is 296 g/mol. The van der Waals surface area contributed by atoms with Crippen LogP contribution in [-0.2, 0) is 0 Å². The average Bonchev–Trinajstić information content (AvgIpc) is 2.63. The predicted octanol–water partition coefficient (Wildman–Crippen LogP) is 3.92. The second-order valence-corrected chi connectivity index (χ2v) is 6.25. The lowest BCUT2D eigenvalue weighted by atomic mass is 9.92. The fraction of sp³-hybridized carbons (Fsp3) is 0.286. The number of benzene rings is 2. The van der Waals surface area contributed by atoms with Gasteiger partial charge in [0.2, 0.25) is 0 Å². The van der Waals surface area contributed by atoms with Gasteiger partial charge in [-0.3, -0.25) is 0 Å². The van der Waals surface area contributed by atoms with Crippen LogP contribution in [0.2, 0.25) is 0 Å². The number of anilines is 1. The Morgan fingerprint density at radius 2 is 1.79 bits per heavy atom. The largest absolute Gasteiger partial charge is 0.393 e. The molecule has 0 bridgehead atoms. The molecule has 120 valence electrons. The number of hydrogen-bond donors (Lipinski definition) is 2. The van der Waals surface area contributed by atoms with Crippen molar-refractivity contribution < 1.29 is 5.11 Å². The topological polar surface area (TPSA) is 56.0 Å². The summed E-state index contributed by atoms with van der Waals surface area (Å²) in [6, 6.07) is 16.2. The van der Waals surface area contributed by atoms with Gasteiger partial charge in [0.15, 0.2) is 0 Å². The van der Waals surface area contributed by atoms with Crippen LogP contribution in [0.4, 0.5) is 5.69 Å². The second-order valence-electron chi connectivity index (χ2n) is 6.25. The molecule has 3 rings (SSSR count). The maximum atomic E-state index is 9.64. The van der Waals surface area contributed by atoms with Crippen molar-refractivity contribution in [3.63, 3.8) is 0 Å². The van der Waals surface area contributed by atoms with E-state index in [9.17, 15) is 10.4 Å². The lowest BCUT2D eigenvalue weighted by Gasteiger charge is -2.27. The van der Waals surface area contributed by atoms with E-state index in [2.05, 4.69) is 17.3 Å². The monoisotopic (exact) mass is 316 g/mol. The van der Waals surface area contributed by atoms with Crippen LogP contribution in [0.5, 0.6) is 0 Å². The summed E-state index contributed by atoms with van der Waals surface area (Å²) in [5, 5.41) is 22.5. The van der Waals surface area contributed by atoms with Gasteiger partial charge in [0.1, 0.15) is 6.07 Å². The minimum atomic E-state index is -0.184. The molecular formula is C21H20N2O. The van der Waals surface area contributed by atoms with E-state index in [0.717, 1.165) is 48.1 Å². The maximum absolute atomic E-state index is 9.64. The van der Waals surface area contributed by atoms with Gasteiger partial charge < -0.3 is 10.4 Å². The maximum Gasteiger partial charge on any atom is 0.101 e. The number of aliphatic hydroxyl groups is 1. The first kappa shape index (κ1) is 16.1. The first-order valence-corrected chi connectivity index (χ1v) is 8.25. The molecule has 0 atom stereocenters. The molecule has 0 spiro atoms. The number of nitriles is 1. The molecule has 0 radical (unpaired) electrons. The molecule has 0 heterocycles. The van der Waals surface area contributed by atoms with E-state index >= 15 is 0 Å². The number of terminal acetylenes is 1. The van der Waals surface area contributed by atoms with Crippen LogP contribution in [0, 0.1) is 23.7 Å². The van der Waals surface area contributed by atoms with Crippen molar-refractivity contribution in [2.45, 2.75) is 37.8 Å². The molecule has 24 heavy (non-hydrogen) atoms. The first-order valence-electron chi connectivity index (χ1n) is 8.25. The van der Waals surface area contributed by atoms with Crippen molar-refractivity contribution in [1.82, 2.24) is 0 Å². The van der Waals surface area contributed by atoms with E-state index in [1.807, 2.05) is 42.5 Å². The zero-order chi connectivity index (χ0) is 16.9. The summed E-state index contributed by atoms with van der Waals surface area (Å²) >= 11 is 0. The highest BCUT2D eigenvalue weighted by atomic mass is 16.3. The Kier molecular flexibility index (Phi) is 4.85. The van der Waals surface area contributed by atoms with Crippen molar-refractivity contribution in [2.24, 2.45) is 0 Å². The molecule has 0 amide bonds. The Morgan fingerprint density at radius 1 is 1.04 bits per heavy atom. The third kappa shape index (κ3) is 3.59. The third-order valence-electron chi connectivity index (χ3n) is 4.56. The number of nitrogens with one attached hydrogen (secondary N) is 1. The Morgan fingerprint density at radius 3 is 2.50 bits per heavy atom. The molecule has 1 aliphatic carbocycles. The van der Waals surface area contributed by atoms with E-state index in [-0.39, 0.29) is 6.10 Å². The second kappa shape index (κ2) is 7.21. The zero-order valence-electron chi connectivity index (χ0n) is 13.5. The molecule has 1 aliphatic rings. The summed E-state index contributed by atoms with van der Waals surface area (Å²) in [6.07, 6.45) is 8.75. The summed E-state index contributed by atoms with van der Waals surface area (Å²) in [6.45, 7) is 0. The van der Waals surface area contributed by atoms with E-state index in [4.69, 9.17) is 6.42 Å². The molecule has 2 aromatic rings. The van der Waals surface area contributed by atoms with Crippen molar-refractivity contribution in [2.75, 3.05) is 5.32 Å². The summed E-state index contributed by atoms with van der Waals surface area (Å²) in [5.74, 6) is 2.65. The molecule has 2 N–H and O–H groups in total. The van der Waals surface area contributed by atoms with Gasteiger partial charge in [0.25, 0.3) is 0 Å². The Balaban J connectivity index is 1.88. The molecule has 3 nitrogen and oxygen atoms in total. The highest BCUT2D eigenvalue weighted by Gasteiger charge is 2.20. The number of hydrogen-bond acceptors (Lipinski definition) is 3. The average molecular weight is 316 g/mol. The normalized spacial score (nSPS) is 20.0. The molecule has 0 unspecified atom stereocenters. The van der Waals surface area contributed by atoms with Gasteiger partial charge >= 0.3 is 0 Å². The van der Waals surface area contributed by atoms with E-state index in [0.29, 0.717) is 11.6 Å². The Bertz CT molecular complexity index is 805. The van der Waals surface area contributed by atoms with Crippen molar-refractivity contribution in [3.05, 3.63) is 53.6 Å². The van der Waals surface area contributed by atoms with Crippen LogP contribution in [0.3, 0.4) is 0 Å². The van der Waals surface area contributed by atoms with Gasteiger partial charge in [0.05, 0.1) is 17.4 Å². The van der Waals surface area contributed by atoms with Crippen molar-refractivity contribution >= 4 is 5.69 Å². The lowest BCUT2D eigenvalue weighted by molar-refractivity contribution is 0.126. The van der Waals surface area contributed by atoms with Crippen LogP contribution < -0.4 is 5.32 Å². The Hall–Kier alpha value is -2.75. The van der Waals surface area contributed by atoms with Crippen LogP contribution in [0.15, 0.2) is 42.5 Å². The van der Waals surface area contributed by atoms with Gasteiger partial charge in [-0.2, -0.15) is 5.26 Å². The van der Waals surface area contributed by atoms with Gasteiger partial charge in [-0.1, -0.05) is 24.1 Å². The summed E-state index contributed by atoms with van der Waals surface area (Å²) in [7, 11) is 0. The standard InChI is InChI=1S/C21H20N2O/c1-2-15-4-3-5-16(12-15)17-6-7-18(14-22)21(13-17)23-19-8-10-20(24)11-9-19/h1,3-7,12-13,19-20,23-24H,8-11H2. The Labute approximate surface area is 143 Å². The first-order chi connectivity index (χ1) is 11.7. The van der Waals surface area contributed by atoms with E-state index in [1.165, 1.54) is 0 Å². The lowest BCUT2D eigenvalue weighted by Crippen LogP contribution is -2.28. The van der Waals surface area contributed by atoms with E-state index in [1.54, 1.807) is 0 Å². The van der Waals surface area contributed by atoms with Crippen molar-refractivity contribution in [1.29, 1.82) is 5.26 Å². The molecule has 0 aliphatic heterocycles. The molecule has 1 fully saturated rings. The highest BCUT2D eigenvalue weighted by Crippen LogP contribution is 2.29. The molecule has 0 saturated heterocycles. The molecule has 3 heteroatoms. The number of nitrogens with zero attached hydrogens (tertiary/aromatic N) is 1. The smallest absolute Gasteiger partial charge is 0.101 e. The van der Waals surface area contributed by atoms with E-state index < -0.39 is 0 Å². The molecule has 2 aromatic carbocycles. The van der Waals surface area contributed by atoms with Crippen LogP contribution >= 0.6 is 0 Å². The van der Waals surface area contributed by atoms with Crippen LogP contribution in [-0.4, -0.2) is 17.3 Å². The fourth-order valence-electron chi connectivity index (χ4n) is 3.17. The number of rotatable bonds is 3. The highest BCUT2D eigenvalue weighted by molar-refractivity contribution is 5.73. The van der Waals surface area contributed by atoms with Crippen LogP contribution in [0.1, 0.15) is 36.8 Å². The van der Waals surface area contributed by atoms with Gasteiger partial charge in [0, 0.05) is 11.6 Å².